The van der Waals surface area contributed by atoms with E-state index in [-0.39, 0.29) is 0 Å². The highest BCUT2D eigenvalue weighted by Crippen LogP contribution is 2.46. The SMILES string of the molecule is c1ccc(N(c2ccccc2)c2cc(-c3ccc4oc5cc(N(c6ccc7oc8ccccc8c7c6)c6cccc7ccccc67)ccc5c4c3)cc(N(c3ccccc3)c3ccccc3)c2)cc1. The van der Waals surface area contributed by atoms with Crippen LogP contribution in [0.1, 0.15) is 0 Å². The van der Waals surface area contributed by atoms with Gasteiger partial charge in [-0.05, 0) is 138 Å². The molecule has 11 aromatic carbocycles. The summed E-state index contributed by atoms with van der Waals surface area (Å²) in [4.78, 5) is 7.01. The van der Waals surface area contributed by atoms with Crippen molar-refractivity contribution in [2.75, 3.05) is 14.7 Å². The van der Waals surface area contributed by atoms with Gasteiger partial charge in [0.25, 0.3) is 0 Å². The van der Waals surface area contributed by atoms with Gasteiger partial charge in [0.15, 0.2) is 0 Å². The number of hydrogen-bond donors (Lipinski definition) is 0. The molecule has 0 aliphatic carbocycles. The van der Waals surface area contributed by atoms with Crippen molar-refractivity contribution in [2.45, 2.75) is 0 Å². The average molecular weight is 886 g/mol. The Labute approximate surface area is 399 Å². The number of rotatable bonds is 10. The normalized spacial score (nSPS) is 11.5. The van der Waals surface area contributed by atoms with Crippen molar-refractivity contribution >= 4 is 106 Å². The summed E-state index contributed by atoms with van der Waals surface area (Å²) in [5, 5.41) is 6.59. The van der Waals surface area contributed by atoms with Gasteiger partial charge in [-0.2, -0.15) is 0 Å². The van der Waals surface area contributed by atoms with E-state index in [1.165, 1.54) is 5.39 Å². The van der Waals surface area contributed by atoms with Gasteiger partial charge in [0.1, 0.15) is 22.3 Å². The molecule has 5 nitrogen and oxygen atoms in total. The molecule has 2 heterocycles. The number of anilines is 9. The minimum atomic E-state index is 0.813. The lowest BCUT2D eigenvalue weighted by Gasteiger charge is -2.30. The molecule has 326 valence electrons. The Balaban J connectivity index is 0.981. The minimum Gasteiger partial charge on any atom is -0.456 e. The smallest absolute Gasteiger partial charge is 0.137 e. The molecule has 5 heteroatoms. The fraction of sp³-hybridized carbons (Fsp3) is 0. The quantitative estimate of drug-likeness (QED) is 0.137. The molecule has 0 saturated heterocycles. The zero-order valence-corrected chi connectivity index (χ0v) is 37.5. The molecule has 69 heavy (non-hydrogen) atoms. The zero-order valence-electron chi connectivity index (χ0n) is 37.5. The fourth-order valence-corrected chi connectivity index (χ4v) is 9.99. The highest BCUT2D eigenvalue weighted by atomic mass is 16.3. The molecule has 2 aromatic heterocycles. The van der Waals surface area contributed by atoms with Gasteiger partial charge in [-0.25, -0.2) is 0 Å². The van der Waals surface area contributed by atoms with Gasteiger partial charge in [-0.1, -0.05) is 133 Å². The first-order valence-electron chi connectivity index (χ1n) is 23.3. The van der Waals surface area contributed by atoms with E-state index >= 15 is 0 Å². The molecule has 0 amide bonds. The predicted octanol–water partition coefficient (Wildman–Crippen LogP) is 18.7. The first-order valence-corrected chi connectivity index (χ1v) is 23.3. The van der Waals surface area contributed by atoms with Crippen molar-refractivity contribution < 1.29 is 8.83 Å². The summed E-state index contributed by atoms with van der Waals surface area (Å²) in [5.41, 5.74) is 15.0. The van der Waals surface area contributed by atoms with Crippen LogP contribution in [-0.2, 0) is 0 Å². The van der Waals surface area contributed by atoms with E-state index in [0.717, 1.165) is 112 Å². The van der Waals surface area contributed by atoms with Crippen LogP contribution < -0.4 is 14.7 Å². The second kappa shape index (κ2) is 16.8. The molecule has 0 aliphatic rings. The Morgan fingerprint density at radius 2 is 0.681 bits per heavy atom. The van der Waals surface area contributed by atoms with E-state index in [9.17, 15) is 0 Å². The molecule has 0 spiro atoms. The Morgan fingerprint density at radius 1 is 0.217 bits per heavy atom. The maximum Gasteiger partial charge on any atom is 0.137 e. The molecule has 0 N–H and O–H groups in total. The number of fused-ring (bicyclic) bond motifs is 7. The third-order valence-corrected chi connectivity index (χ3v) is 13.1. The van der Waals surface area contributed by atoms with Gasteiger partial charge in [0.2, 0.25) is 0 Å². The molecule has 0 bridgehead atoms. The molecule has 0 saturated carbocycles. The van der Waals surface area contributed by atoms with Crippen LogP contribution in [0, 0.1) is 0 Å². The Bertz CT molecular complexity index is 3790. The highest BCUT2D eigenvalue weighted by molar-refractivity contribution is 6.10. The molecular weight excluding hydrogens is 843 g/mol. The summed E-state index contributed by atoms with van der Waals surface area (Å²) in [6.45, 7) is 0. The third kappa shape index (κ3) is 7.21. The Morgan fingerprint density at radius 3 is 1.32 bits per heavy atom. The third-order valence-electron chi connectivity index (χ3n) is 13.1. The van der Waals surface area contributed by atoms with E-state index < -0.39 is 0 Å². The van der Waals surface area contributed by atoms with Crippen LogP contribution >= 0.6 is 0 Å². The van der Waals surface area contributed by atoms with E-state index in [0.29, 0.717) is 0 Å². The molecule has 13 rings (SSSR count). The molecule has 13 aromatic rings. The molecule has 0 radical (unpaired) electrons. The molecular formula is C64H43N3O2. The maximum absolute atomic E-state index is 6.81. The summed E-state index contributed by atoms with van der Waals surface area (Å²) in [6.07, 6.45) is 0. The second-order valence-electron chi connectivity index (χ2n) is 17.4. The average Bonchev–Trinajstić information content (AvgIpc) is 3.98. The summed E-state index contributed by atoms with van der Waals surface area (Å²) in [6, 6.07) is 92.3. The van der Waals surface area contributed by atoms with Crippen molar-refractivity contribution in [3.8, 4) is 11.1 Å². The minimum absolute atomic E-state index is 0.813. The summed E-state index contributed by atoms with van der Waals surface area (Å²) in [5.74, 6) is 0. The topological polar surface area (TPSA) is 36.0 Å². The van der Waals surface area contributed by atoms with Crippen LogP contribution in [0.4, 0.5) is 51.2 Å². The summed E-state index contributed by atoms with van der Waals surface area (Å²) in [7, 11) is 0. The predicted molar refractivity (Wildman–Crippen MR) is 288 cm³/mol. The van der Waals surface area contributed by atoms with Crippen molar-refractivity contribution in [3.05, 3.63) is 261 Å². The van der Waals surface area contributed by atoms with Crippen molar-refractivity contribution in [2.24, 2.45) is 0 Å². The van der Waals surface area contributed by atoms with Crippen LogP contribution in [0.5, 0.6) is 0 Å². The van der Waals surface area contributed by atoms with E-state index in [2.05, 4.69) is 263 Å². The number of furan rings is 2. The monoisotopic (exact) mass is 885 g/mol. The lowest BCUT2D eigenvalue weighted by atomic mass is 9.99. The van der Waals surface area contributed by atoms with Crippen molar-refractivity contribution in [1.82, 2.24) is 0 Å². The van der Waals surface area contributed by atoms with Crippen LogP contribution in [0.3, 0.4) is 0 Å². The Kier molecular flexibility index (Phi) is 9.76. The van der Waals surface area contributed by atoms with Crippen LogP contribution in [0.15, 0.2) is 270 Å². The van der Waals surface area contributed by atoms with Crippen LogP contribution in [-0.4, -0.2) is 0 Å². The van der Waals surface area contributed by atoms with Gasteiger partial charge in [0.05, 0.1) is 5.69 Å². The lowest BCUT2D eigenvalue weighted by molar-refractivity contribution is 0.668. The molecule has 0 fully saturated rings. The van der Waals surface area contributed by atoms with E-state index in [4.69, 9.17) is 8.83 Å². The van der Waals surface area contributed by atoms with Gasteiger partial charge < -0.3 is 23.5 Å². The van der Waals surface area contributed by atoms with Crippen LogP contribution in [0.25, 0.3) is 65.8 Å². The number of benzene rings is 11. The molecule has 0 unspecified atom stereocenters. The molecule has 0 aliphatic heterocycles. The van der Waals surface area contributed by atoms with Crippen molar-refractivity contribution in [1.29, 1.82) is 0 Å². The number of nitrogens with zero attached hydrogens (tertiary/aromatic N) is 3. The largest absolute Gasteiger partial charge is 0.456 e. The molecule has 0 atom stereocenters. The maximum atomic E-state index is 6.81. The fourth-order valence-electron chi connectivity index (χ4n) is 9.99. The van der Waals surface area contributed by atoms with E-state index in [1.807, 2.05) is 12.1 Å². The highest BCUT2D eigenvalue weighted by Gasteiger charge is 2.22. The van der Waals surface area contributed by atoms with Gasteiger partial charge in [-0.15, -0.1) is 0 Å². The second-order valence-corrected chi connectivity index (χ2v) is 17.4. The van der Waals surface area contributed by atoms with Gasteiger partial charge in [-0.3, -0.25) is 0 Å². The number of hydrogen-bond acceptors (Lipinski definition) is 5. The van der Waals surface area contributed by atoms with Gasteiger partial charge in [0, 0.05) is 78.5 Å². The first kappa shape index (κ1) is 40.0. The van der Waals surface area contributed by atoms with Crippen LogP contribution in [0.2, 0.25) is 0 Å². The van der Waals surface area contributed by atoms with Gasteiger partial charge >= 0.3 is 0 Å². The van der Waals surface area contributed by atoms with E-state index in [1.54, 1.807) is 0 Å². The Hall–Kier alpha value is -9.32. The standard InChI is InChI=1S/C64H43N3O2/c1-5-20-47(21-6-1)65(48-22-7-2-8-23-48)53-38-46(39-54(41-53)66(49-24-9-3-10-25-49)50-26-11-4-12-27-50)45-32-36-62-58(40-45)57-35-33-52(43-64(57)69-62)67(60-30-17-19-44-18-13-14-28-55(44)60)51-34-37-63-59(42-51)56-29-15-16-31-61(56)68-63/h1-43H. The summed E-state index contributed by atoms with van der Waals surface area (Å²) < 4.78 is 13.1. The first-order chi connectivity index (χ1) is 34.2. The van der Waals surface area contributed by atoms with Crippen molar-refractivity contribution in [3.63, 3.8) is 0 Å². The number of para-hydroxylation sites is 5. The lowest BCUT2D eigenvalue weighted by Crippen LogP contribution is -2.13. The summed E-state index contributed by atoms with van der Waals surface area (Å²) >= 11 is 0. The zero-order chi connectivity index (χ0) is 45.7.